The first-order chi connectivity index (χ1) is 13.5. The normalized spacial score (nSPS) is 11.3. The van der Waals surface area contributed by atoms with Gasteiger partial charge in [0.1, 0.15) is 16.5 Å². The van der Waals surface area contributed by atoms with Gasteiger partial charge in [0, 0.05) is 29.4 Å². The molecule has 0 radical (unpaired) electrons. The van der Waals surface area contributed by atoms with Gasteiger partial charge in [-0.25, -0.2) is 9.97 Å². The van der Waals surface area contributed by atoms with Gasteiger partial charge in [0.2, 0.25) is 0 Å². The molecule has 5 nitrogen and oxygen atoms in total. The zero-order valence-corrected chi connectivity index (χ0v) is 15.6. The number of hydrogen-bond acceptors (Lipinski definition) is 4. The maximum absolute atomic E-state index is 12.7. The van der Waals surface area contributed by atoms with Gasteiger partial charge >= 0.3 is 6.61 Å². The number of pyridine rings is 1. The van der Waals surface area contributed by atoms with Gasteiger partial charge in [0.25, 0.3) is 0 Å². The van der Waals surface area contributed by atoms with Crippen LogP contribution in [-0.2, 0) is 6.42 Å². The van der Waals surface area contributed by atoms with Crippen molar-refractivity contribution in [3.63, 3.8) is 0 Å². The molecule has 4 aromatic rings. The van der Waals surface area contributed by atoms with Crippen molar-refractivity contribution in [1.29, 1.82) is 0 Å². The number of rotatable bonds is 5. The molecule has 1 aromatic carbocycles. The molecular weight excluding hydrogens is 386 g/mol. The van der Waals surface area contributed by atoms with Crippen molar-refractivity contribution >= 4 is 17.2 Å². The SMILES string of the molecule is Cc1nc2ccc(-c3cnc(Cl)cn3)cn2c1Cc1ccccc1OC(F)F. The Labute approximate surface area is 164 Å². The molecule has 0 aliphatic heterocycles. The third-order valence-corrected chi connectivity index (χ3v) is 4.58. The van der Waals surface area contributed by atoms with Crippen LogP contribution in [0.3, 0.4) is 0 Å². The predicted octanol–water partition coefficient (Wildman–Crippen LogP) is 4.95. The first-order valence-corrected chi connectivity index (χ1v) is 8.87. The molecule has 0 saturated heterocycles. The summed E-state index contributed by atoms with van der Waals surface area (Å²) >= 11 is 5.81. The number of aryl methyl sites for hydroxylation is 1. The summed E-state index contributed by atoms with van der Waals surface area (Å²) in [7, 11) is 0. The highest BCUT2D eigenvalue weighted by Crippen LogP contribution is 2.26. The number of para-hydroxylation sites is 1. The highest BCUT2D eigenvalue weighted by atomic mass is 35.5. The van der Waals surface area contributed by atoms with Gasteiger partial charge in [-0.2, -0.15) is 8.78 Å². The molecular formula is C20H15ClF2N4O. The molecule has 0 amide bonds. The largest absolute Gasteiger partial charge is 0.435 e. The Morgan fingerprint density at radius 3 is 2.68 bits per heavy atom. The lowest BCUT2D eigenvalue weighted by Gasteiger charge is -2.11. The number of hydrogen-bond donors (Lipinski definition) is 0. The van der Waals surface area contributed by atoms with E-state index in [4.69, 9.17) is 11.6 Å². The van der Waals surface area contributed by atoms with Crippen LogP contribution in [0, 0.1) is 6.92 Å². The summed E-state index contributed by atoms with van der Waals surface area (Å²) in [6, 6.07) is 10.5. The van der Waals surface area contributed by atoms with E-state index >= 15 is 0 Å². The Morgan fingerprint density at radius 2 is 1.93 bits per heavy atom. The van der Waals surface area contributed by atoms with E-state index in [-0.39, 0.29) is 5.75 Å². The summed E-state index contributed by atoms with van der Waals surface area (Å²) in [6.07, 6.45) is 5.38. The summed E-state index contributed by atoms with van der Waals surface area (Å²) in [5.74, 6) is 0.159. The van der Waals surface area contributed by atoms with Crippen LogP contribution >= 0.6 is 11.6 Å². The summed E-state index contributed by atoms with van der Waals surface area (Å²) in [5.41, 5.74) is 4.61. The number of fused-ring (bicyclic) bond motifs is 1. The van der Waals surface area contributed by atoms with Crippen molar-refractivity contribution in [1.82, 2.24) is 19.4 Å². The predicted molar refractivity (Wildman–Crippen MR) is 102 cm³/mol. The van der Waals surface area contributed by atoms with Gasteiger partial charge in [-0.1, -0.05) is 29.8 Å². The third kappa shape index (κ3) is 3.66. The number of imidazole rings is 1. The van der Waals surface area contributed by atoms with Gasteiger partial charge < -0.3 is 9.14 Å². The fraction of sp³-hybridized carbons (Fsp3) is 0.150. The van der Waals surface area contributed by atoms with E-state index in [0.717, 1.165) is 22.6 Å². The maximum atomic E-state index is 12.7. The first-order valence-electron chi connectivity index (χ1n) is 8.49. The lowest BCUT2D eigenvalue weighted by atomic mass is 10.1. The molecule has 142 valence electrons. The lowest BCUT2D eigenvalue weighted by molar-refractivity contribution is -0.0503. The van der Waals surface area contributed by atoms with E-state index in [1.807, 2.05) is 29.7 Å². The average Bonchev–Trinajstić information content (AvgIpc) is 2.98. The standard InChI is InChI=1S/C20H15ClF2N4O/c1-12-16(8-13-4-2-3-5-17(13)28-20(22)23)27-11-14(6-7-19(27)26-12)15-9-25-18(21)10-24-15/h2-7,9-11,20H,8H2,1H3. The fourth-order valence-corrected chi connectivity index (χ4v) is 3.18. The van der Waals surface area contributed by atoms with Crippen molar-refractivity contribution < 1.29 is 13.5 Å². The molecule has 0 aliphatic rings. The Morgan fingerprint density at radius 1 is 1.11 bits per heavy atom. The van der Waals surface area contributed by atoms with Crippen LogP contribution in [0.1, 0.15) is 17.0 Å². The van der Waals surface area contributed by atoms with Crippen LogP contribution < -0.4 is 4.74 Å². The van der Waals surface area contributed by atoms with Crippen LogP contribution in [0.2, 0.25) is 5.15 Å². The van der Waals surface area contributed by atoms with Crippen molar-refractivity contribution in [2.75, 3.05) is 0 Å². The van der Waals surface area contributed by atoms with Crippen molar-refractivity contribution in [3.05, 3.63) is 77.1 Å². The molecule has 0 unspecified atom stereocenters. The lowest BCUT2D eigenvalue weighted by Crippen LogP contribution is -2.05. The van der Waals surface area contributed by atoms with Crippen LogP contribution in [0.5, 0.6) is 5.75 Å². The molecule has 0 fully saturated rings. The molecule has 0 saturated carbocycles. The van der Waals surface area contributed by atoms with Crippen LogP contribution in [0.4, 0.5) is 8.78 Å². The first kappa shape index (κ1) is 18.3. The van der Waals surface area contributed by atoms with Gasteiger partial charge in [-0.05, 0) is 25.1 Å². The summed E-state index contributed by atoms with van der Waals surface area (Å²) in [4.78, 5) is 12.9. The summed E-state index contributed by atoms with van der Waals surface area (Å²) in [6.45, 7) is -0.986. The highest BCUT2D eigenvalue weighted by Gasteiger charge is 2.15. The van der Waals surface area contributed by atoms with Crippen LogP contribution in [0.15, 0.2) is 55.0 Å². The van der Waals surface area contributed by atoms with Crippen molar-refractivity contribution in [2.24, 2.45) is 0 Å². The van der Waals surface area contributed by atoms with Gasteiger partial charge in [-0.3, -0.25) is 4.98 Å². The van der Waals surface area contributed by atoms with Crippen molar-refractivity contribution in [2.45, 2.75) is 20.0 Å². The number of nitrogens with zero attached hydrogens (tertiary/aromatic N) is 4. The number of benzene rings is 1. The molecule has 8 heteroatoms. The van der Waals surface area contributed by atoms with Gasteiger partial charge in [-0.15, -0.1) is 0 Å². The molecule has 0 N–H and O–H groups in total. The minimum Gasteiger partial charge on any atom is -0.435 e. The van der Waals surface area contributed by atoms with E-state index < -0.39 is 6.61 Å². The monoisotopic (exact) mass is 400 g/mol. The van der Waals surface area contributed by atoms with Crippen molar-refractivity contribution in [3.8, 4) is 17.0 Å². The average molecular weight is 401 g/mol. The zero-order chi connectivity index (χ0) is 19.7. The van der Waals surface area contributed by atoms with E-state index in [1.54, 1.807) is 24.4 Å². The zero-order valence-electron chi connectivity index (χ0n) is 14.8. The minimum atomic E-state index is -2.88. The van der Waals surface area contributed by atoms with E-state index in [2.05, 4.69) is 19.7 Å². The Hall–Kier alpha value is -3.06. The van der Waals surface area contributed by atoms with Crippen LogP contribution in [0.25, 0.3) is 16.9 Å². The molecule has 3 aromatic heterocycles. The number of aromatic nitrogens is 4. The van der Waals surface area contributed by atoms with E-state index in [9.17, 15) is 8.78 Å². The molecule has 4 rings (SSSR count). The number of halogens is 3. The molecule has 0 bridgehead atoms. The molecule has 0 spiro atoms. The number of alkyl halides is 2. The highest BCUT2D eigenvalue weighted by molar-refractivity contribution is 6.29. The van der Waals surface area contributed by atoms with E-state index in [0.29, 0.717) is 22.8 Å². The third-order valence-electron chi connectivity index (χ3n) is 4.38. The quantitative estimate of drug-likeness (QED) is 0.476. The van der Waals surface area contributed by atoms with E-state index in [1.165, 1.54) is 12.3 Å². The number of ether oxygens (including phenoxy) is 1. The Balaban J connectivity index is 1.76. The Kier molecular flexibility index (Phi) is 4.92. The molecule has 28 heavy (non-hydrogen) atoms. The topological polar surface area (TPSA) is 52.3 Å². The van der Waals surface area contributed by atoms with Gasteiger partial charge in [0.05, 0.1) is 23.8 Å². The van der Waals surface area contributed by atoms with Gasteiger partial charge in [0.15, 0.2) is 0 Å². The summed E-state index contributed by atoms with van der Waals surface area (Å²) < 4.78 is 32.0. The maximum Gasteiger partial charge on any atom is 0.387 e. The summed E-state index contributed by atoms with van der Waals surface area (Å²) in [5, 5.41) is 0.319. The second-order valence-electron chi connectivity index (χ2n) is 6.18. The second kappa shape index (κ2) is 7.52. The minimum absolute atomic E-state index is 0.159. The molecule has 3 heterocycles. The Bertz CT molecular complexity index is 1130. The second-order valence-corrected chi connectivity index (χ2v) is 6.56. The van der Waals surface area contributed by atoms with Crippen LogP contribution in [-0.4, -0.2) is 26.0 Å². The fourth-order valence-electron chi connectivity index (χ4n) is 3.08. The molecule has 0 aliphatic carbocycles. The molecule has 0 atom stereocenters. The smallest absolute Gasteiger partial charge is 0.387 e.